The summed E-state index contributed by atoms with van der Waals surface area (Å²) in [6, 6.07) is 21.6. The lowest BCUT2D eigenvalue weighted by atomic mass is 9.73. The molecule has 3 amide bonds. The summed E-state index contributed by atoms with van der Waals surface area (Å²) in [5, 5.41) is 13.4. The normalized spacial score (nSPS) is 24.6. The van der Waals surface area contributed by atoms with E-state index in [-0.39, 0.29) is 58.3 Å². The van der Waals surface area contributed by atoms with Gasteiger partial charge in [-0.3, -0.25) is 29.4 Å². The van der Waals surface area contributed by atoms with Gasteiger partial charge in [-0.2, -0.15) is 0 Å². The predicted octanol–water partition coefficient (Wildman–Crippen LogP) is 4.32. The van der Waals surface area contributed by atoms with Crippen molar-refractivity contribution in [1.82, 2.24) is 0 Å². The number of hydrogen-bond acceptors (Lipinski definition) is 7. The van der Waals surface area contributed by atoms with Crippen LogP contribution in [0.25, 0.3) is 0 Å². The van der Waals surface area contributed by atoms with Crippen LogP contribution in [0.3, 0.4) is 0 Å². The Balaban J connectivity index is 1.13. The molecule has 2 aliphatic carbocycles. The van der Waals surface area contributed by atoms with E-state index in [1.807, 2.05) is 18.2 Å². The van der Waals surface area contributed by atoms with E-state index in [0.717, 1.165) is 12.8 Å². The highest BCUT2D eigenvalue weighted by atomic mass is 16.6. The average molecular weight is 540 g/mol. The summed E-state index contributed by atoms with van der Waals surface area (Å²) in [4.78, 5) is 63.5. The lowest BCUT2D eigenvalue weighted by molar-refractivity contribution is -0.384. The standard InChI is InChI=1S/C30H25N3O7/c34-25(31-20-9-5-11-22(15-20)33(38)39)16-40-30(37)18-8-4-10-21(12-18)32-28(35)26-19-13-23(17-6-2-1-3-7-17)24(14-19)27(26)29(32)36/h1-12,15,19,23-24,26-27H,13-14,16H2,(H,31,34)/t19-,23-,24+,26+,27-/m0/s1. The van der Waals surface area contributed by atoms with E-state index in [9.17, 15) is 29.3 Å². The molecule has 2 bridgehead atoms. The zero-order valence-electron chi connectivity index (χ0n) is 21.3. The molecule has 10 nitrogen and oxygen atoms in total. The minimum Gasteiger partial charge on any atom is -0.452 e. The van der Waals surface area contributed by atoms with Crippen LogP contribution in [0, 0.1) is 33.8 Å². The van der Waals surface area contributed by atoms with Crippen molar-refractivity contribution in [2.75, 3.05) is 16.8 Å². The molecule has 0 unspecified atom stereocenters. The zero-order chi connectivity index (χ0) is 28.0. The van der Waals surface area contributed by atoms with Gasteiger partial charge < -0.3 is 10.1 Å². The third-order valence-corrected chi connectivity index (χ3v) is 8.26. The SMILES string of the molecule is O=C(COC(=O)c1cccc(N2C(=O)[C@@H]3[C@@H]4C[C@@H]([C@@H]3C2=O)[C@H](c2ccccc2)C4)c1)Nc1cccc([N+](=O)[O-])c1. The van der Waals surface area contributed by atoms with Gasteiger partial charge in [0.15, 0.2) is 6.61 Å². The van der Waals surface area contributed by atoms with E-state index in [0.29, 0.717) is 5.69 Å². The van der Waals surface area contributed by atoms with Gasteiger partial charge in [-0.05, 0) is 60.4 Å². The number of carbonyl (C=O) groups is 4. The van der Waals surface area contributed by atoms with E-state index in [1.54, 1.807) is 12.1 Å². The van der Waals surface area contributed by atoms with Gasteiger partial charge in [0.25, 0.3) is 11.6 Å². The number of nitrogens with one attached hydrogen (secondary N) is 1. The number of imide groups is 1. The van der Waals surface area contributed by atoms with Crippen molar-refractivity contribution in [3.63, 3.8) is 0 Å². The minimum absolute atomic E-state index is 0.0865. The second kappa shape index (κ2) is 10.0. The van der Waals surface area contributed by atoms with Gasteiger partial charge in [0.05, 0.1) is 28.0 Å². The minimum atomic E-state index is -0.806. The van der Waals surface area contributed by atoms with Crippen molar-refractivity contribution >= 4 is 40.8 Å². The highest BCUT2D eigenvalue weighted by Crippen LogP contribution is 2.61. The quantitative estimate of drug-likeness (QED) is 0.204. The summed E-state index contributed by atoms with van der Waals surface area (Å²) in [5.74, 6) is -2.14. The number of amides is 3. The molecule has 0 aromatic heterocycles. The maximum atomic E-state index is 13.6. The van der Waals surface area contributed by atoms with Gasteiger partial charge in [-0.15, -0.1) is 0 Å². The molecule has 3 fully saturated rings. The first-order valence-electron chi connectivity index (χ1n) is 13.1. The van der Waals surface area contributed by atoms with Crippen LogP contribution in [0.15, 0.2) is 78.9 Å². The summed E-state index contributed by atoms with van der Waals surface area (Å²) in [7, 11) is 0. The molecule has 5 atom stereocenters. The molecule has 3 aromatic carbocycles. The Labute approximate surface area is 229 Å². The molecule has 1 saturated heterocycles. The van der Waals surface area contributed by atoms with Crippen molar-refractivity contribution in [3.8, 4) is 0 Å². The van der Waals surface area contributed by atoms with Crippen molar-refractivity contribution in [3.05, 3.63) is 100 Å². The Morgan fingerprint density at radius 2 is 1.68 bits per heavy atom. The number of ether oxygens (including phenoxy) is 1. The Kier molecular flexibility index (Phi) is 6.37. The van der Waals surface area contributed by atoms with Crippen LogP contribution in [0.1, 0.15) is 34.7 Å². The molecule has 10 heteroatoms. The third-order valence-electron chi connectivity index (χ3n) is 8.26. The number of rotatable bonds is 7. The van der Waals surface area contributed by atoms with Crippen molar-refractivity contribution in [1.29, 1.82) is 0 Å². The fraction of sp³-hybridized carbons (Fsp3) is 0.267. The second-order valence-corrected chi connectivity index (χ2v) is 10.5. The number of fused-ring (bicyclic) bond motifs is 5. The monoisotopic (exact) mass is 539 g/mol. The first-order valence-corrected chi connectivity index (χ1v) is 13.1. The van der Waals surface area contributed by atoms with Crippen molar-refractivity contribution < 1.29 is 28.8 Å². The van der Waals surface area contributed by atoms with E-state index < -0.39 is 23.4 Å². The van der Waals surface area contributed by atoms with Crippen LogP contribution in [0.5, 0.6) is 0 Å². The Hall–Kier alpha value is -4.86. The molecule has 202 valence electrons. The highest BCUT2D eigenvalue weighted by Gasteiger charge is 2.64. The molecule has 1 aliphatic heterocycles. The van der Waals surface area contributed by atoms with Crippen molar-refractivity contribution in [2.24, 2.45) is 23.7 Å². The molecule has 0 radical (unpaired) electrons. The summed E-state index contributed by atoms with van der Waals surface area (Å²) < 4.78 is 5.12. The van der Waals surface area contributed by atoms with Crippen LogP contribution < -0.4 is 10.2 Å². The third kappa shape index (κ3) is 4.41. The number of hydrogen-bond donors (Lipinski definition) is 1. The molecule has 1 N–H and O–H groups in total. The summed E-state index contributed by atoms with van der Waals surface area (Å²) in [5.41, 5.74) is 1.59. The molecule has 2 saturated carbocycles. The zero-order valence-corrected chi connectivity index (χ0v) is 21.3. The first-order chi connectivity index (χ1) is 19.3. The number of anilines is 2. The summed E-state index contributed by atoms with van der Waals surface area (Å²) in [6.45, 7) is -0.623. The van der Waals surface area contributed by atoms with E-state index in [2.05, 4.69) is 17.4 Å². The van der Waals surface area contributed by atoms with Crippen molar-refractivity contribution in [2.45, 2.75) is 18.8 Å². The van der Waals surface area contributed by atoms with Crippen LogP contribution in [-0.2, 0) is 19.1 Å². The van der Waals surface area contributed by atoms with Crippen LogP contribution in [-0.4, -0.2) is 35.2 Å². The van der Waals surface area contributed by atoms with E-state index >= 15 is 0 Å². The number of carbonyl (C=O) groups excluding carboxylic acids is 4. The van der Waals surface area contributed by atoms with Crippen LogP contribution in [0.4, 0.5) is 17.1 Å². The largest absolute Gasteiger partial charge is 0.452 e. The number of benzene rings is 3. The summed E-state index contributed by atoms with van der Waals surface area (Å²) >= 11 is 0. The van der Waals surface area contributed by atoms with Crippen LogP contribution >= 0.6 is 0 Å². The molecule has 6 rings (SSSR count). The molecule has 1 heterocycles. The number of nitro benzene ring substituents is 1. The molecule has 3 aliphatic rings. The molecule has 0 spiro atoms. The van der Waals surface area contributed by atoms with Gasteiger partial charge in [0.2, 0.25) is 11.8 Å². The maximum Gasteiger partial charge on any atom is 0.338 e. The van der Waals surface area contributed by atoms with Gasteiger partial charge in [-0.25, -0.2) is 4.79 Å². The second-order valence-electron chi connectivity index (χ2n) is 10.5. The van der Waals surface area contributed by atoms with E-state index in [1.165, 1.54) is 46.9 Å². The number of nitrogens with zero attached hydrogens (tertiary/aromatic N) is 2. The summed E-state index contributed by atoms with van der Waals surface area (Å²) in [6.07, 6.45) is 1.75. The predicted molar refractivity (Wildman–Crippen MR) is 143 cm³/mol. The number of nitro groups is 1. The number of esters is 1. The molecule has 40 heavy (non-hydrogen) atoms. The Morgan fingerprint density at radius 3 is 2.45 bits per heavy atom. The first kappa shape index (κ1) is 25.4. The Bertz CT molecular complexity index is 1540. The molecular formula is C30H25N3O7. The highest BCUT2D eigenvalue weighted by molar-refractivity contribution is 6.23. The van der Waals surface area contributed by atoms with Gasteiger partial charge in [-0.1, -0.05) is 42.5 Å². The molecule has 3 aromatic rings. The van der Waals surface area contributed by atoms with Crippen LogP contribution in [0.2, 0.25) is 0 Å². The lowest BCUT2D eigenvalue weighted by Gasteiger charge is -2.28. The average Bonchev–Trinajstić information content (AvgIpc) is 3.63. The maximum absolute atomic E-state index is 13.6. The van der Waals surface area contributed by atoms with Gasteiger partial charge >= 0.3 is 5.97 Å². The fourth-order valence-corrected chi connectivity index (χ4v) is 6.68. The molecular weight excluding hydrogens is 514 g/mol. The fourth-order valence-electron chi connectivity index (χ4n) is 6.68. The smallest absolute Gasteiger partial charge is 0.338 e. The Morgan fingerprint density at radius 1 is 0.925 bits per heavy atom. The number of non-ortho nitro benzene ring substituents is 1. The topological polar surface area (TPSA) is 136 Å². The van der Waals surface area contributed by atoms with E-state index in [4.69, 9.17) is 4.74 Å². The lowest BCUT2D eigenvalue weighted by Crippen LogP contribution is -2.33. The van der Waals surface area contributed by atoms with Gasteiger partial charge in [0, 0.05) is 17.8 Å². The van der Waals surface area contributed by atoms with Gasteiger partial charge in [0.1, 0.15) is 0 Å².